The average Bonchev–Trinajstić information content (AvgIpc) is 3.01. The summed E-state index contributed by atoms with van der Waals surface area (Å²) in [6, 6.07) is 6.34. The van der Waals surface area contributed by atoms with Crippen LogP contribution in [0.1, 0.15) is 12.0 Å². The number of benzene rings is 1. The largest absolute Gasteiger partial charge is 0.472 e. The molecule has 1 saturated heterocycles. The topological polar surface area (TPSA) is 72.4 Å². The smallest absolute Gasteiger partial charge is 0.244 e. The molecular weight excluding hydrogens is 373 g/mol. The van der Waals surface area contributed by atoms with Gasteiger partial charge in [-0.3, -0.25) is 0 Å². The maximum Gasteiger partial charge on any atom is 0.244 e. The summed E-state index contributed by atoms with van der Waals surface area (Å²) in [7, 11) is -3.71. The highest BCUT2D eigenvalue weighted by molar-refractivity contribution is 7.89. The Hall–Kier alpha value is -1.41. The van der Waals surface area contributed by atoms with Gasteiger partial charge in [0.15, 0.2) is 0 Å². The molecule has 1 atom stereocenters. The summed E-state index contributed by atoms with van der Waals surface area (Å²) < 4.78 is 32.7. The Labute approximate surface area is 150 Å². The zero-order valence-electron chi connectivity index (χ0n) is 12.8. The molecule has 128 valence electrons. The number of ether oxygens (including phenoxy) is 1. The van der Waals surface area contributed by atoms with Crippen molar-refractivity contribution in [3.8, 4) is 5.88 Å². The minimum atomic E-state index is -3.71. The molecule has 3 rings (SSSR count). The van der Waals surface area contributed by atoms with E-state index in [1.54, 1.807) is 25.3 Å². The average molecular weight is 388 g/mol. The Morgan fingerprint density at radius 1 is 1.29 bits per heavy atom. The first-order chi connectivity index (χ1) is 11.4. The summed E-state index contributed by atoms with van der Waals surface area (Å²) in [4.78, 5) is 0.0613. The second-order valence-electron chi connectivity index (χ2n) is 5.49. The Kier molecular flexibility index (Phi) is 4.96. The monoisotopic (exact) mass is 387 g/mol. The van der Waals surface area contributed by atoms with Crippen molar-refractivity contribution in [1.29, 1.82) is 0 Å². The summed E-state index contributed by atoms with van der Waals surface area (Å²) in [6.07, 6.45) is 1.84. The van der Waals surface area contributed by atoms with Gasteiger partial charge in [0, 0.05) is 23.8 Å². The van der Waals surface area contributed by atoms with Crippen LogP contribution >= 0.6 is 23.2 Å². The van der Waals surface area contributed by atoms with E-state index in [9.17, 15) is 8.42 Å². The third kappa shape index (κ3) is 3.49. The van der Waals surface area contributed by atoms with Crippen LogP contribution in [0.3, 0.4) is 0 Å². The van der Waals surface area contributed by atoms with E-state index in [-0.39, 0.29) is 22.6 Å². The van der Waals surface area contributed by atoms with E-state index in [4.69, 9.17) is 27.9 Å². The fourth-order valence-electron chi connectivity index (χ4n) is 2.50. The molecule has 0 saturated carbocycles. The fraction of sp³-hybridized carbons (Fsp3) is 0.333. The van der Waals surface area contributed by atoms with Gasteiger partial charge in [0.25, 0.3) is 0 Å². The molecule has 1 unspecified atom stereocenters. The van der Waals surface area contributed by atoms with E-state index in [2.05, 4.69) is 10.2 Å². The van der Waals surface area contributed by atoms with Crippen molar-refractivity contribution in [3.05, 3.63) is 46.1 Å². The molecule has 2 aromatic rings. The van der Waals surface area contributed by atoms with Gasteiger partial charge in [-0.15, -0.1) is 5.10 Å². The highest BCUT2D eigenvalue weighted by Gasteiger charge is 2.35. The van der Waals surface area contributed by atoms with Gasteiger partial charge < -0.3 is 4.74 Å². The van der Waals surface area contributed by atoms with Crippen LogP contribution in [0.5, 0.6) is 5.88 Å². The summed E-state index contributed by atoms with van der Waals surface area (Å²) in [5, 5.41) is 8.13. The van der Waals surface area contributed by atoms with Crippen LogP contribution < -0.4 is 4.74 Å². The van der Waals surface area contributed by atoms with Gasteiger partial charge in [0.05, 0.1) is 11.6 Å². The van der Waals surface area contributed by atoms with E-state index in [1.165, 1.54) is 16.4 Å². The standard InChI is InChI=1S/C15H15Cl2N3O3S/c1-10-7-14(13(17)8-12(10)16)24(21,22)20-6-4-11(9-20)23-15-3-2-5-18-19-15/h2-3,5,7-8,11H,4,6,9H2,1H3. The molecule has 1 aromatic carbocycles. The highest BCUT2D eigenvalue weighted by atomic mass is 35.5. The number of rotatable bonds is 4. The van der Waals surface area contributed by atoms with Crippen LogP contribution in [-0.2, 0) is 10.0 Å². The first-order valence-corrected chi connectivity index (χ1v) is 9.47. The number of hydrogen-bond donors (Lipinski definition) is 0. The summed E-state index contributed by atoms with van der Waals surface area (Å²) in [5.41, 5.74) is 0.659. The van der Waals surface area contributed by atoms with Crippen LogP contribution in [0, 0.1) is 6.92 Å². The van der Waals surface area contributed by atoms with Crippen molar-refractivity contribution in [2.75, 3.05) is 13.1 Å². The molecule has 0 aliphatic carbocycles. The van der Waals surface area contributed by atoms with Crippen LogP contribution in [0.25, 0.3) is 0 Å². The number of halogens is 2. The lowest BCUT2D eigenvalue weighted by molar-refractivity contribution is 0.204. The van der Waals surface area contributed by atoms with Crippen LogP contribution in [0.4, 0.5) is 0 Å². The molecule has 24 heavy (non-hydrogen) atoms. The minimum absolute atomic E-state index is 0.0613. The lowest BCUT2D eigenvalue weighted by Gasteiger charge is -2.18. The van der Waals surface area contributed by atoms with Gasteiger partial charge in [-0.25, -0.2) is 8.42 Å². The summed E-state index contributed by atoms with van der Waals surface area (Å²) >= 11 is 12.1. The molecule has 0 bridgehead atoms. The van der Waals surface area contributed by atoms with Crippen LogP contribution in [-0.4, -0.2) is 42.1 Å². The normalized spacial score (nSPS) is 18.7. The second-order valence-corrected chi connectivity index (χ2v) is 8.21. The Morgan fingerprint density at radius 3 is 2.79 bits per heavy atom. The molecule has 0 spiro atoms. The van der Waals surface area contributed by atoms with E-state index in [0.717, 1.165) is 0 Å². The van der Waals surface area contributed by atoms with Gasteiger partial charge in [0.2, 0.25) is 15.9 Å². The molecular formula is C15H15Cl2N3O3S. The van der Waals surface area contributed by atoms with Crippen molar-refractivity contribution >= 4 is 33.2 Å². The highest BCUT2D eigenvalue weighted by Crippen LogP contribution is 2.32. The van der Waals surface area contributed by atoms with Crippen molar-refractivity contribution in [2.24, 2.45) is 0 Å². The molecule has 1 aliphatic rings. The predicted molar refractivity (Wildman–Crippen MR) is 91.0 cm³/mol. The lowest BCUT2D eigenvalue weighted by atomic mass is 10.2. The van der Waals surface area contributed by atoms with E-state index < -0.39 is 10.0 Å². The van der Waals surface area contributed by atoms with E-state index in [0.29, 0.717) is 29.4 Å². The number of nitrogens with zero attached hydrogens (tertiary/aromatic N) is 3. The predicted octanol–water partition coefficient (Wildman–Crippen LogP) is 2.93. The third-order valence-corrected chi connectivity index (χ3v) is 6.51. The third-order valence-electron chi connectivity index (χ3n) is 3.77. The molecule has 9 heteroatoms. The van der Waals surface area contributed by atoms with Gasteiger partial charge in [-0.2, -0.15) is 9.40 Å². The molecule has 0 amide bonds. The maximum atomic E-state index is 12.8. The summed E-state index contributed by atoms with van der Waals surface area (Å²) in [6.45, 7) is 2.32. The van der Waals surface area contributed by atoms with Crippen molar-refractivity contribution in [2.45, 2.75) is 24.3 Å². The van der Waals surface area contributed by atoms with Crippen molar-refractivity contribution in [3.63, 3.8) is 0 Å². The number of aromatic nitrogens is 2. The molecule has 1 aliphatic heterocycles. The summed E-state index contributed by atoms with van der Waals surface area (Å²) in [5.74, 6) is 0.377. The van der Waals surface area contributed by atoms with Gasteiger partial charge in [-0.05, 0) is 37.1 Å². The van der Waals surface area contributed by atoms with Crippen LogP contribution in [0.2, 0.25) is 10.0 Å². The molecule has 1 aromatic heterocycles. The SMILES string of the molecule is Cc1cc(S(=O)(=O)N2CCC(Oc3cccnn3)C2)c(Cl)cc1Cl. The minimum Gasteiger partial charge on any atom is -0.472 e. The van der Waals surface area contributed by atoms with Crippen LogP contribution in [0.15, 0.2) is 35.4 Å². The first kappa shape index (κ1) is 17.4. The Bertz CT molecular complexity index is 847. The van der Waals surface area contributed by atoms with Gasteiger partial charge in [-0.1, -0.05) is 23.2 Å². The zero-order chi connectivity index (χ0) is 17.3. The van der Waals surface area contributed by atoms with Gasteiger partial charge >= 0.3 is 0 Å². The number of aryl methyl sites for hydroxylation is 1. The molecule has 6 nitrogen and oxygen atoms in total. The Morgan fingerprint density at radius 2 is 2.08 bits per heavy atom. The molecule has 1 fully saturated rings. The molecule has 0 radical (unpaired) electrons. The fourth-order valence-corrected chi connectivity index (χ4v) is 4.79. The van der Waals surface area contributed by atoms with Crippen molar-refractivity contribution in [1.82, 2.24) is 14.5 Å². The van der Waals surface area contributed by atoms with Crippen molar-refractivity contribution < 1.29 is 13.2 Å². The molecule has 2 heterocycles. The van der Waals surface area contributed by atoms with E-state index >= 15 is 0 Å². The lowest BCUT2D eigenvalue weighted by Crippen LogP contribution is -2.31. The number of hydrogen-bond acceptors (Lipinski definition) is 5. The quantitative estimate of drug-likeness (QED) is 0.806. The zero-order valence-corrected chi connectivity index (χ0v) is 15.1. The Balaban J connectivity index is 1.78. The maximum absolute atomic E-state index is 12.8. The molecule has 0 N–H and O–H groups in total. The number of sulfonamides is 1. The second kappa shape index (κ2) is 6.84. The van der Waals surface area contributed by atoms with E-state index in [1.807, 2.05) is 0 Å². The van der Waals surface area contributed by atoms with Gasteiger partial charge in [0.1, 0.15) is 11.0 Å². The first-order valence-electron chi connectivity index (χ1n) is 7.28.